The van der Waals surface area contributed by atoms with Gasteiger partial charge in [0.2, 0.25) is 5.91 Å². The summed E-state index contributed by atoms with van der Waals surface area (Å²) >= 11 is 0. The van der Waals surface area contributed by atoms with Crippen LogP contribution in [0.5, 0.6) is 0 Å². The second-order valence-electron chi connectivity index (χ2n) is 6.20. The molecule has 0 bridgehead atoms. The van der Waals surface area contributed by atoms with Crippen LogP contribution in [0.2, 0.25) is 0 Å². The second-order valence-corrected chi connectivity index (χ2v) is 6.20. The highest BCUT2D eigenvalue weighted by molar-refractivity contribution is 5.89. The number of ether oxygens (including phenoxy) is 1. The number of carbonyl (C=O) groups excluding carboxylic acids is 2. The Labute approximate surface area is 133 Å². The molecule has 6 heteroatoms. The summed E-state index contributed by atoms with van der Waals surface area (Å²) in [6.45, 7) is 2.96. The summed E-state index contributed by atoms with van der Waals surface area (Å²) in [7, 11) is 1.40. The molecule has 1 heterocycles. The molecule has 1 aliphatic carbocycles. The molecule has 0 radical (unpaired) electrons. The number of piperidine rings is 1. The lowest BCUT2D eigenvalue weighted by Crippen LogP contribution is -2.58. The van der Waals surface area contributed by atoms with Gasteiger partial charge in [0, 0.05) is 12.0 Å². The average molecular weight is 319 g/mol. The van der Waals surface area contributed by atoms with Gasteiger partial charge in [0.25, 0.3) is 0 Å². The van der Waals surface area contributed by atoms with Gasteiger partial charge in [-0.15, -0.1) is 12.4 Å². The van der Waals surface area contributed by atoms with E-state index >= 15 is 0 Å². The largest absolute Gasteiger partial charge is 0.467 e. The molecule has 2 aliphatic rings. The number of nitrogens with one attached hydrogen (secondary N) is 2. The van der Waals surface area contributed by atoms with Gasteiger partial charge in [-0.1, -0.05) is 19.3 Å². The summed E-state index contributed by atoms with van der Waals surface area (Å²) in [6.07, 6.45) is 6.14. The maximum absolute atomic E-state index is 12.5. The van der Waals surface area contributed by atoms with E-state index in [4.69, 9.17) is 4.74 Å². The highest BCUT2D eigenvalue weighted by atomic mass is 35.5. The minimum absolute atomic E-state index is 0. The summed E-state index contributed by atoms with van der Waals surface area (Å²) < 4.78 is 4.94. The van der Waals surface area contributed by atoms with Gasteiger partial charge >= 0.3 is 5.97 Å². The molecule has 2 rings (SSSR count). The molecule has 2 fully saturated rings. The molecule has 2 atom stereocenters. The van der Waals surface area contributed by atoms with Crippen LogP contribution in [0.3, 0.4) is 0 Å². The number of halogens is 1. The monoisotopic (exact) mass is 318 g/mol. The number of carbonyl (C=O) groups is 2. The van der Waals surface area contributed by atoms with Crippen LogP contribution in [-0.4, -0.2) is 37.1 Å². The van der Waals surface area contributed by atoms with E-state index in [2.05, 4.69) is 17.6 Å². The maximum atomic E-state index is 12.5. The lowest BCUT2D eigenvalue weighted by atomic mass is 9.80. The standard InChI is InChI=1S/C15H26N2O3.ClH/c1-11-10-12(6-9-16-11)13(18)17-15(14(19)20-2)7-4-3-5-8-15;/h11-12,16H,3-10H2,1-2H3,(H,17,18);1H/t11-,12-;/m0./s1. The molecule has 1 aliphatic heterocycles. The smallest absolute Gasteiger partial charge is 0.331 e. The molecule has 122 valence electrons. The minimum Gasteiger partial charge on any atom is -0.467 e. The van der Waals surface area contributed by atoms with Crippen molar-refractivity contribution in [2.75, 3.05) is 13.7 Å². The Morgan fingerprint density at radius 3 is 2.48 bits per heavy atom. The zero-order valence-corrected chi connectivity index (χ0v) is 13.8. The zero-order valence-electron chi connectivity index (χ0n) is 12.9. The second kappa shape index (κ2) is 7.99. The first-order valence-electron chi connectivity index (χ1n) is 7.71. The molecule has 0 aromatic rings. The third kappa shape index (κ3) is 4.33. The van der Waals surface area contributed by atoms with Gasteiger partial charge in [0.05, 0.1) is 7.11 Å². The highest BCUT2D eigenvalue weighted by Gasteiger charge is 2.43. The van der Waals surface area contributed by atoms with Gasteiger partial charge in [-0.25, -0.2) is 4.79 Å². The summed E-state index contributed by atoms with van der Waals surface area (Å²) in [5, 5.41) is 6.37. The number of esters is 1. The number of rotatable bonds is 3. The zero-order chi connectivity index (χ0) is 14.6. The van der Waals surface area contributed by atoms with Crippen molar-refractivity contribution in [3.63, 3.8) is 0 Å². The van der Waals surface area contributed by atoms with Gasteiger partial charge in [0.1, 0.15) is 5.54 Å². The number of amides is 1. The topological polar surface area (TPSA) is 67.4 Å². The quantitative estimate of drug-likeness (QED) is 0.779. The fourth-order valence-electron chi connectivity index (χ4n) is 3.44. The number of methoxy groups -OCH3 is 1. The Kier molecular flexibility index (Phi) is 6.94. The van der Waals surface area contributed by atoms with Crippen molar-refractivity contribution < 1.29 is 14.3 Å². The number of hydrogen-bond acceptors (Lipinski definition) is 4. The molecule has 5 nitrogen and oxygen atoms in total. The van der Waals surface area contributed by atoms with Crippen molar-refractivity contribution in [1.29, 1.82) is 0 Å². The molecule has 1 amide bonds. The van der Waals surface area contributed by atoms with Crippen LogP contribution < -0.4 is 10.6 Å². The molecule has 0 spiro atoms. The third-order valence-electron chi connectivity index (χ3n) is 4.64. The molecular weight excluding hydrogens is 292 g/mol. The predicted molar refractivity (Wildman–Crippen MR) is 83.4 cm³/mol. The van der Waals surface area contributed by atoms with Crippen molar-refractivity contribution in [3.05, 3.63) is 0 Å². The van der Waals surface area contributed by atoms with Crippen LogP contribution >= 0.6 is 12.4 Å². The highest BCUT2D eigenvalue weighted by Crippen LogP contribution is 2.30. The van der Waals surface area contributed by atoms with Gasteiger partial charge in [-0.2, -0.15) is 0 Å². The molecule has 2 N–H and O–H groups in total. The van der Waals surface area contributed by atoms with E-state index in [0.717, 1.165) is 38.6 Å². The fourth-order valence-corrected chi connectivity index (χ4v) is 3.44. The Balaban J connectivity index is 0.00000220. The first-order chi connectivity index (χ1) is 9.57. The van der Waals surface area contributed by atoms with Crippen molar-refractivity contribution in [2.24, 2.45) is 5.92 Å². The Morgan fingerprint density at radius 1 is 1.24 bits per heavy atom. The van der Waals surface area contributed by atoms with E-state index in [1.807, 2.05) is 0 Å². The molecule has 0 aromatic carbocycles. The average Bonchev–Trinajstić information content (AvgIpc) is 2.47. The van der Waals surface area contributed by atoms with E-state index in [1.54, 1.807) is 0 Å². The van der Waals surface area contributed by atoms with Crippen molar-refractivity contribution in [2.45, 2.75) is 63.5 Å². The van der Waals surface area contributed by atoms with Crippen LogP contribution in [-0.2, 0) is 14.3 Å². The lowest BCUT2D eigenvalue weighted by Gasteiger charge is -2.37. The molecule has 1 saturated carbocycles. The normalized spacial score (nSPS) is 28.1. The van der Waals surface area contributed by atoms with Crippen molar-refractivity contribution in [1.82, 2.24) is 10.6 Å². The molecular formula is C15H27ClN2O3. The van der Waals surface area contributed by atoms with Crippen molar-refractivity contribution >= 4 is 24.3 Å². The van der Waals surface area contributed by atoms with Crippen LogP contribution in [0, 0.1) is 5.92 Å². The molecule has 1 saturated heterocycles. The summed E-state index contributed by atoms with van der Waals surface area (Å²) in [6, 6.07) is 0.361. The van der Waals surface area contributed by atoms with E-state index in [1.165, 1.54) is 7.11 Å². The van der Waals surface area contributed by atoms with E-state index < -0.39 is 5.54 Å². The molecule has 21 heavy (non-hydrogen) atoms. The van der Waals surface area contributed by atoms with Crippen molar-refractivity contribution in [3.8, 4) is 0 Å². The lowest BCUT2D eigenvalue weighted by molar-refractivity contribution is -0.153. The van der Waals surface area contributed by atoms with E-state index in [9.17, 15) is 9.59 Å². The third-order valence-corrected chi connectivity index (χ3v) is 4.64. The fraction of sp³-hybridized carbons (Fsp3) is 0.867. The SMILES string of the molecule is COC(=O)C1(NC(=O)[C@H]2CCN[C@@H](C)C2)CCCCC1.Cl. The summed E-state index contributed by atoms with van der Waals surface area (Å²) in [5.74, 6) is -0.257. The van der Waals surface area contributed by atoms with Gasteiger partial charge < -0.3 is 15.4 Å². The van der Waals surface area contributed by atoms with Crippen LogP contribution in [0.25, 0.3) is 0 Å². The van der Waals surface area contributed by atoms with Gasteiger partial charge in [0.15, 0.2) is 0 Å². The summed E-state index contributed by atoms with van der Waals surface area (Å²) in [4.78, 5) is 24.6. The van der Waals surface area contributed by atoms with Gasteiger partial charge in [-0.3, -0.25) is 4.79 Å². The molecule has 0 aromatic heterocycles. The Bertz CT molecular complexity index is 370. The van der Waals surface area contributed by atoms with Crippen LogP contribution in [0.4, 0.5) is 0 Å². The van der Waals surface area contributed by atoms with Crippen LogP contribution in [0.15, 0.2) is 0 Å². The predicted octanol–water partition coefficient (Wildman–Crippen LogP) is 1.79. The number of hydrogen-bond donors (Lipinski definition) is 2. The van der Waals surface area contributed by atoms with E-state index in [0.29, 0.717) is 18.9 Å². The Hall–Kier alpha value is -0.810. The van der Waals surface area contributed by atoms with E-state index in [-0.39, 0.29) is 30.2 Å². The Morgan fingerprint density at radius 2 is 1.90 bits per heavy atom. The molecule has 0 unspecified atom stereocenters. The summed E-state index contributed by atoms with van der Waals surface area (Å²) in [5.41, 5.74) is -0.780. The first kappa shape index (κ1) is 18.2. The van der Waals surface area contributed by atoms with Crippen LogP contribution in [0.1, 0.15) is 51.9 Å². The maximum Gasteiger partial charge on any atom is 0.331 e. The first-order valence-corrected chi connectivity index (χ1v) is 7.71. The minimum atomic E-state index is -0.780. The van der Waals surface area contributed by atoms with Gasteiger partial charge in [-0.05, 0) is 39.2 Å².